The number of amides is 1. The number of H-pyrrole nitrogens is 1. The van der Waals surface area contributed by atoms with E-state index < -0.39 is 0 Å². The number of nitrogens with zero attached hydrogens (tertiary/aromatic N) is 2. The van der Waals surface area contributed by atoms with Crippen molar-refractivity contribution in [3.63, 3.8) is 0 Å². The fourth-order valence-electron chi connectivity index (χ4n) is 1.92. The molecule has 94 valence electrons. The Bertz CT molecular complexity index is 396. The quantitative estimate of drug-likeness (QED) is 0.811. The van der Waals surface area contributed by atoms with Gasteiger partial charge >= 0.3 is 0 Å². The highest BCUT2D eigenvalue weighted by Crippen LogP contribution is 2.18. The maximum Gasteiger partial charge on any atom is 0.291 e. The van der Waals surface area contributed by atoms with E-state index in [0.29, 0.717) is 6.61 Å². The lowest BCUT2D eigenvalue weighted by Crippen LogP contribution is -2.51. The lowest BCUT2D eigenvalue weighted by atomic mass is 9.95. The van der Waals surface area contributed by atoms with Crippen LogP contribution in [-0.2, 0) is 11.2 Å². The Morgan fingerprint density at radius 2 is 2.47 bits per heavy atom. The van der Waals surface area contributed by atoms with Gasteiger partial charge in [0, 0.05) is 13.0 Å². The zero-order valence-corrected chi connectivity index (χ0v) is 10.2. The van der Waals surface area contributed by atoms with Crippen LogP contribution >= 0.6 is 0 Å². The second-order valence-electron chi connectivity index (χ2n) is 4.63. The summed E-state index contributed by atoms with van der Waals surface area (Å²) in [6.45, 7) is 5.26. The van der Waals surface area contributed by atoms with Gasteiger partial charge in [0.15, 0.2) is 0 Å². The molecule has 0 aromatic carbocycles. The van der Waals surface area contributed by atoms with E-state index >= 15 is 0 Å². The molecule has 1 aliphatic heterocycles. The van der Waals surface area contributed by atoms with E-state index in [-0.39, 0.29) is 17.3 Å². The van der Waals surface area contributed by atoms with Crippen LogP contribution in [0.15, 0.2) is 0 Å². The molecule has 0 radical (unpaired) electrons. The van der Waals surface area contributed by atoms with E-state index in [0.717, 1.165) is 31.7 Å². The van der Waals surface area contributed by atoms with Gasteiger partial charge in [-0.15, -0.1) is 5.10 Å². The van der Waals surface area contributed by atoms with Crippen molar-refractivity contribution in [3.8, 4) is 0 Å². The van der Waals surface area contributed by atoms with Crippen molar-refractivity contribution in [2.75, 3.05) is 13.2 Å². The van der Waals surface area contributed by atoms with E-state index in [1.807, 2.05) is 13.8 Å². The summed E-state index contributed by atoms with van der Waals surface area (Å²) in [7, 11) is 0. The first-order chi connectivity index (χ1) is 8.13. The second kappa shape index (κ2) is 4.83. The molecule has 2 N–H and O–H groups in total. The molecular formula is C11H18N4O2. The summed E-state index contributed by atoms with van der Waals surface area (Å²) in [6.07, 6.45) is 2.62. The molecule has 6 heteroatoms. The van der Waals surface area contributed by atoms with Crippen molar-refractivity contribution < 1.29 is 9.53 Å². The third-order valence-electron chi connectivity index (χ3n) is 2.92. The molecular weight excluding hydrogens is 220 g/mol. The molecule has 2 rings (SSSR count). The number of nitrogens with one attached hydrogen (secondary N) is 2. The Morgan fingerprint density at radius 3 is 3.06 bits per heavy atom. The Labute approximate surface area is 100 Å². The van der Waals surface area contributed by atoms with Crippen LogP contribution in [0, 0.1) is 0 Å². The minimum absolute atomic E-state index is 0.202. The van der Waals surface area contributed by atoms with Crippen LogP contribution in [0.3, 0.4) is 0 Å². The Morgan fingerprint density at radius 1 is 1.65 bits per heavy atom. The number of carbonyl (C=O) groups is 1. The van der Waals surface area contributed by atoms with Gasteiger partial charge in [-0.25, -0.2) is 4.98 Å². The van der Waals surface area contributed by atoms with Crippen LogP contribution in [0.4, 0.5) is 0 Å². The standard InChI is InChI=1S/C11H18N4O2/c1-3-8-12-9(15-14-8)10(16)13-11(2)5-4-6-17-7-11/h3-7H2,1-2H3,(H,13,16)(H,12,14,15). The van der Waals surface area contributed by atoms with Gasteiger partial charge in [0.05, 0.1) is 12.1 Å². The van der Waals surface area contributed by atoms with Crippen LogP contribution in [0.25, 0.3) is 0 Å². The largest absolute Gasteiger partial charge is 0.379 e. The summed E-state index contributed by atoms with van der Waals surface area (Å²) in [6, 6.07) is 0. The maximum absolute atomic E-state index is 11.9. The van der Waals surface area contributed by atoms with Gasteiger partial charge in [-0.2, -0.15) is 0 Å². The van der Waals surface area contributed by atoms with Crippen molar-refractivity contribution in [2.24, 2.45) is 0 Å². The minimum Gasteiger partial charge on any atom is -0.379 e. The van der Waals surface area contributed by atoms with E-state index in [1.54, 1.807) is 0 Å². The fraction of sp³-hybridized carbons (Fsp3) is 0.727. The highest BCUT2D eigenvalue weighted by atomic mass is 16.5. The Hall–Kier alpha value is -1.43. The number of carbonyl (C=O) groups excluding carboxylic acids is 1. The lowest BCUT2D eigenvalue weighted by Gasteiger charge is -2.33. The smallest absolute Gasteiger partial charge is 0.291 e. The first-order valence-corrected chi connectivity index (χ1v) is 5.94. The molecule has 2 heterocycles. The van der Waals surface area contributed by atoms with Crippen LogP contribution in [0.5, 0.6) is 0 Å². The number of rotatable bonds is 3. The average Bonchev–Trinajstić information content (AvgIpc) is 2.78. The summed E-state index contributed by atoms with van der Waals surface area (Å²) in [5.74, 6) is 0.683. The topological polar surface area (TPSA) is 79.9 Å². The SMILES string of the molecule is CCc1nc(C(=O)NC2(C)CCCOC2)n[nH]1. The number of hydrogen-bond acceptors (Lipinski definition) is 4. The van der Waals surface area contributed by atoms with Crippen molar-refractivity contribution in [3.05, 3.63) is 11.6 Å². The summed E-state index contributed by atoms with van der Waals surface area (Å²) >= 11 is 0. The van der Waals surface area contributed by atoms with E-state index in [4.69, 9.17) is 4.74 Å². The highest BCUT2D eigenvalue weighted by molar-refractivity contribution is 5.90. The van der Waals surface area contributed by atoms with Gasteiger partial charge in [-0.1, -0.05) is 6.92 Å². The maximum atomic E-state index is 11.9. The summed E-state index contributed by atoms with van der Waals surface area (Å²) in [5, 5.41) is 9.57. The second-order valence-corrected chi connectivity index (χ2v) is 4.63. The Kier molecular flexibility index (Phi) is 3.42. The summed E-state index contributed by atoms with van der Waals surface area (Å²) in [5.41, 5.74) is -0.303. The Balaban J connectivity index is 2.00. The zero-order chi connectivity index (χ0) is 12.3. The van der Waals surface area contributed by atoms with Gasteiger partial charge in [0.25, 0.3) is 5.91 Å². The van der Waals surface area contributed by atoms with Crippen LogP contribution in [-0.4, -0.2) is 39.8 Å². The number of aryl methyl sites for hydroxylation is 1. The van der Waals surface area contributed by atoms with Crippen LogP contribution < -0.4 is 5.32 Å². The molecule has 1 aromatic rings. The molecule has 0 aliphatic carbocycles. The first-order valence-electron chi connectivity index (χ1n) is 5.94. The van der Waals surface area contributed by atoms with Gasteiger partial charge < -0.3 is 10.1 Å². The number of aromatic nitrogens is 3. The van der Waals surface area contributed by atoms with Crippen molar-refractivity contribution in [2.45, 2.75) is 38.6 Å². The third kappa shape index (κ3) is 2.82. The molecule has 0 spiro atoms. The molecule has 1 fully saturated rings. The summed E-state index contributed by atoms with van der Waals surface area (Å²) < 4.78 is 5.38. The third-order valence-corrected chi connectivity index (χ3v) is 2.92. The molecule has 6 nitrogen and oxygen atoms in total. The number of aromatic amines is 1. The van der Waals surface area contributed by atoms with E-state index in [2.05, 4.69) is 20.5 Å². The number of ether oxygens (including phenoxy) is 1. The molecule has 0 saturated carbocycles. The van der Waals surface area contributed by atoms with Gasteiger partial charge in [0.2, 0.25) is 5.82 Å². The molecule has 1 amide bonds. The molecule has 17 heavy (non-hydrogen) atoms. The zero-order valence-electron chi connectivity index (χ0n) is 10.2. The van der Waals surface area contributed by atoms with Crippen molar-refractivity contribution in [1.29, 1.82) is 0 Å². The predicted octanol–water partition coefficient (Wildman–Crippen LogP) is 0.666. The molecule has 1 atom stereocenters. The number of hydrogen-bond donors (Lipinski definition) is 2. The van der Waals surface area contributed by atoms with E-state index in [9.17, 15) is 4.79 Å². The normalized spacial score (nSPS) is 24.6. The molecule has 1 saturated heterocycles. The first kappa shape index (κ1) is 12.0. The fourth-order valence-corrected chi connectivity index (χ4v) is 1.92. The van der Waals surface area contributed by atoms with Crippen LogP contribution in [0.2, 0.25) is 0 Å². The average molecular weight is 238 g/mol. The van der Waals surface area contributed by atoms with E-state index in [1.165, 1.54) is 0 Å². The highest BCUT2D eigenvalue weighted by Gasteiger charge is 2.30. The van der Waals surface area contributed by atoms with Gasteiger partial charge in [-0.3, -0.25) is 9.89 Å². The van der Waals surface area contributed by atoms with Crippen molar-refractivity contribution in [1.82, 2.24) is 20.5 Å². The molecule has 1 unspecified atom stereocenters. The monoisotopic (exact) mass is 238 g/mol. The van der Waals surface area contributed by atoms with Crippen molar-refractivity contribution >= 4 is 5.91 Å². The van der Waals surface area contributed by atoms with Gasteiger partial charge in [0.1, 0.15) is 5.82 Å². The minimum atomic E-state index is -0.303. The summed E-state index contributed by atoms with van der Waals surface area (Å²) in [4.78, 5) is 16.0. The van der Waals surface area contributed by atoms with Gasteiger partial charge in [-0.05, 0) is 19.8 Å². The molecule has 1 aliphatic rings. The molecule has 1 aromatic heterocycles. The molecule has 0 bridgehead atoms. The lowest BCUT2D eigenvalue weighted by molar-refractivity contribution is 0.0270. The van der Waals surface area contributed by atoms with Crippen LogP contribution in [0.1, 0.15) is 43.1 Å². The predicted molar refractivity (Wildman–Crippen MR) is 61.7 cm³/mol.